The van der Waals surface area contributed by atoms with Gasteiger partial charge < -0.3 is 4.42 Å². The van der Waals surface area contributed by atoms with Crippen LogP contribution < -0.4 is 0 Å². The third-order valence-electron chi connectivity index (χ3n) is 6.92. The van der Waals surface area contributed by atoms with E-state index in [0.29, 0.717) is 6.42 Å². The van der Waals surface area contributed by atoms with Crippen molar-refractivity contribution in [1.82, 2.24) is 14.8 Å². The number of hydrogen-bond acceptors (Lipinski definition) is 3. The van der Waals surface area contributed by atoms with E-state index in [9.17, 15) is 0 Å². The molecule has 0 aliphatic carbocycles. The van der Waals surface area contributed by atoms with E-state index in [2.05, 4.69) is 87.0 Å². The minimum atomic E-state index is 0. The Hall–Kier alpha value is -3.53. The quantitative estimate of drug-likeness (QED) is 0.166. The van der Waals surface area contributed by atoms with E-state index in [-0.39, 0.29) is 31.9 Å². The molecule has 5 heteroatoms. The molecule has 0 aliphatic rings. The van der Waals surface area contributed by atoms with Gasteiger partial charge in [-0.15, -0.1) is 35.9 Å². The molecule has 1 radical (unpaired) electrons. The summed E-state index contributed by atoms with van der Waals surface area (Å²) >= 11 is 0. The summed E-state index contributed by atoms with van der Waals surface area (Å²) in [5, 5.41) is 7.46. The van der Waals surface area contributed by atoms with Crippen molar-refractivity contribution >= 4 is 21.9 Å². The van der Waals surface area contributed by atoms with Crippen LogP contribution in [-0.2, 0) is 26.5 Å². The number of para-hydroxylation sites is 1. The van der Waals surface area contributed by atoms with Gasteiger partial charge in [0, 0.05) is 37.3 Å². The molecule has 0 amide bonds. The predicted octanol–water partition coefficient (Wildman–Crippen LogP) is 8.47. The molecule has 0 spiro atoms. The molecule has 0 N–H and O–H groups in total. The average Bonchev–Trinajstić information content (AvgIpc) is 3.49. The number of furan rings is 1. The first-order chi connectivity index (χ1) is 18.0. The standard InChI is InChI=1S/C33H30N3O.Ir/c1-21(2)26-20-28-31(25-17-11-12-18-27(25)37-28)30(22(3)4)32(26)36-33(24-15-9-6-10-16-24)34-29(35-36)19-23-13-7-5-8-14-23;/h5-15,17-18,20-22H,19H2,1-4H3;/q-1;. The molecule has 0 aliphatic heterocycles. The maximum atomic E-state index is 6.37. The molecule has 2 heterocycles. The normalized spacial score (nSPS) is 11.5. The zero-order chi connectivity index (χ0) is 25.5. The van der Waals surface area contributed by atoms with Crippen LogP contribution in [0, 0.1) is 6.07 Å². The van der Waals surface area contributed by atoms with Crippen LogP contribution in [0.25, 0.3) is 39.0 Å². The van der Waals surface area contributed by atoms with Crippen molar-refractivity contribution < 1.29 is 24.5 Å². The third-order valence-corrected chi connectivity index (χ3v) is 6.92. The van der Waals surface area contributed by atoms with E-state index in [4.69, 9.17) is 14.5 Å². The number of benzene rings is 4. The van der Waals surface area contributed by atoms with Crippen LogP contribution >= 0.6 is 0 Å². The predicted molar refractivity (Wildman–Crippen MR) is 150 cm³/mol. The Bertz CT molecular complexity index is 1700. The van der Waals surface area contributed by atoms with Crippen molar-refractivity contribution in [3.8, 4) is 17.1 Å². The third kappa shape index (κ3) is 4.62. The van der Waals surface area contributed by atoms with Gasteiger partial charge in [0.25, 0.3) is 0 Å². The Balaban J connectivity index is 0.00000294. The van der Waals surface area contributed by atoms with Crippen LogP contribution in [0.5, 0.6) is 0 Å². The molecule has 6 aromatic rings. The Morgan fingerprint density at radius 1 is 0.842 bits per heavy atom. The summed E-state index contributed by atoms with van der Waals surface area (Å²) in [6.07, 6.45) is 0.665. The van der Waals surface area contributed by atoms with Gasteiger partial charge in [-0.05, 0) is 40.7 Å². The second kappa shape index (κ2) is 10.7. The van der Waals surface area contributed by atoms with Crippen LogP contribution in [0.1, 0.15) is 62.0 Å². The number of fused-ring (bicyclic) bond motifs is 3. The van der Waals surface area contributed by atoms with E-state index in [1.54, 1.807) is 0 Å². The first-order valence-corrected chi connectivity index (χ1v) is 13.0. The zero-order valence-electron chi connectivity index (χ0n) is 22.0. The van der Waals surface area contributed by atoms with E-state index >= 15 is 0 Å². The minimum absolute atomic E-state index is 0. The van der Waals surface area contributed by atoms with Crippen LogP contribution in [0.15, 0.2) is 89.3 Å². The fourth-order valence-electron chi connectivity index (χ4n) is 5.24. The van der Waals surface area contributed by atoms with Gasteiger partial charge >= 0.3 is 0 Å². The molecule has 4 nitrogen and oxygen atoms in total. The average molecular weight is 677 g/mol. The smallest absolute Gasteiger partial charge is 0.145 e. The fraction of sp³-hybridized carbons (Fsp3) is 0.212. The van der Waals surface area contributed by atoms with Gasteiger partial charge in [0.05, 0.1) is 11.5 Å². The molecule has 0 bridgehead atoms. The summed E-state index contributed by atoms with van der Waals surface area (Å²) in [6, 6.07) is 32.3. The van der Waals surface area contributed by atoms with Crippen LogP contribution in [-0.4, -0.2) is 14.8 Å². The molecule has 193 valence electrons. The molecule has 38 heavy (non-hydrogen) atoms. The first kappa shape index (κ1) is 26.1. The molecule has 0 fully saturated rings. The van der Waals surface area contributed by atoms with E-state index in [1.807, 2.05) is 36.4 Å². The second-order valence-electron chi connectivity index (χ2n) is 10.2. The van der Waals surface area contributed by atoms with Crippen molar-refractivity contribution in [1.29, 1.82) is 0 Å². The molecule has 4 aromatic carbocycles. The van der Waals surface area contributed by atoms with Crippen molar-refractivity contribution in [3.05, 3.63) is 114 Å². The maximum absolute atomic E-state index is 6.37. The SMILES string of the molecule is CC(C)c1cc2oc3ccccc3c2c(C(C)C)c1-n1nc(Cc2ccccc2)nc1-c1[c-]cccc1.[Ir]. The van der Waals surface area contributed by atoms with E-state index in [0.717, 1.165) is 44.8 Å². The summed E-state index contributed by atoms with van der Waals surface area (Å²) in [4.78, 5) is 5.08. The molecule has 0 saturated heterocycles. The molecule has 0 unspecified atom stereocenters. The monoisotopic (exact) mass is 677 g/mol. The second-order valence-corrected chi connectivity index (χ2v) is 10.2. The van der Waals surface area contributed by atoms with E-state index < -0.39 is 0 Å². The van der Waals surface area contributed by atoms with Gasteiger partial charge in [-0.25, -0.2) is 0 Å². The number of rotatable bonds is 6. The van der Waals surface area contributed by atoms with Gasteiger partial charge in [0.15, 0.2) is 0 Å². The maximum Gasteiger partial charge on any atom is 0.145 e. The Labute approximate surface area is 237 Å². The van der Waals surface area contributed by atoms with Crippen LogP contribution in [0.2, 0.25) is 0 Å². The molecule has 0 saturated carbocycles. The fourth-order valence-corrected chi connectivity index (χ4v) is 5.24. The minimum Gasteiger partial charge on any atom is -0.456 e. The summed E-state index contributed by atoms with van der Waals surface area (Å²) in [6.45, 7) is 8.96. The molecule has 6 rings (SSSR count). The Morgan fingerprint density at radius 3 is 2.29 bits per heavy atom. The Morgan fingerprint density at radius 2 is 1.58 bits per heavy atom. The number of hydrogen-bond donors (Lipinski definition) is 0. The van der Waals surface area contributed by atoms with Gasteiger partial charge in [0.2, 0.25) is 0 Å². The molecule has 2 aromatic heterocycles. The van der Waals surface area contributed by atoms with Gasteiger partial charge in [0.1, 0.15) is 17.0 Å². The van der Waals surface area contributed by atoms with Crippen LogP contribution in [0.4, 0.5) is 0 Å². The number of nitrogens with zero attached hydrogens (tertiary/aromatic N) is 3. The van der Waals surface area contributed by atoms with E-state index in [1.165, 1.54) is 16.7 Å². The first-order valence-electron chi connectivity index (χ1n) is 13.0. The topological polar surface area (TPSA) is 43.9 Å². The van der Waals surface area contributed by atoms with Crippen molar-refractivity contribution in [2.24, 2.45) is 0 Å². The summed E-state index contributed by atoms with van der Waals surface area (Å²) < 4.78 is 8.44. The molecular formula is C33H30IrN3O-. The van der Waals surface area contributed by atoms with Crippen molar-refractivity contribution in [2.75, 3.05) is 0 Å². The van der Waals surface area contributed by atoms with Crippen molar-refractivity contribution in [2.45, 2.75) is 46.0 Å². The van der Waals surface area contributed by atoms with Gasteiger partial charge in [-0.2, -0.15) is 5.10 Å². The largest absolute Gasteiger partial charge is 0.456 e. The van der Waals surface area contributed by atoms with Gasteiger partial charge in [-0.3, -0.25) is 9.67 Å². The van der Waals surface area contributed by atoms with Crippen LogP contribution in [0.3, 0.4) is 0 Å². The zero-order valence-corrected chi connectivity index (χ0v) is 24.4. The van der Waals surface area contributed by atoms with Gasteiger partial charge in [-0.1, -0.05) is 76.2 Å². The Kier molecular flexibility index (Phi) is 7.34. The number of aromatic nitrogens is 3. The molecular weight excluding hydrogens is 647 g/mol. The summed E-state index contributed by atoms with van der Waals surface area (Å²) in [5.41, 5.74) is 7.48. The summed E-state index contributed by atoms with van der Waals surface area (Å²) in [7, 11) is 0. The van der Waals surface area contributed by atoms with Crippen molar-refractivity contribution in [3.63, 3.8) is 0 Å². The molecule has 0 atom stereocenters. The summed E-state index contributed by atoms with van der Waals surface area (Å²) in [5.74, 6) is 2.11.